The van der Waals surface area contributed by atoms with Crippen LogP contribution >= 0.6 is 0 Å². The van der Waals surface area contributed by atoms with E-state index in [9.17, 15) is 9.59 Å². The number of carbonyl (C=O) groups excluding carboxylic acids is 2. The molecule has 2 aliphatic heterocycles. The van der Waals surface area contributed by atoms with Crippen LogP contribution in [0.1, 0.15) is 56.3 Å². The van der Waals surface area contributed by atoms with Gasteiger partial charge in [-0.25, -0.2) is 4.98 Å². The van der Waals surface area contributed by atoms with Crippen LogP contribution in [0.4, 0.5) is 0 Å². The zero-order valence-corrected chi connectivity index (χ0v) is 16.2. The number of ether oxygens (including phenoxy) is 1. The van der Waals surface area contributed by atoms with E-state index < -0.39 is 5.54 Å². The Morgan fingerprint density at radius 2 is 1.96 bits per heavy atom. The van der Waals surface area contributed by atoms with E-state index in [1.54, 1.807) is 13.4 Å². The van der Waals surface area contributed by atoms with Gasteiger partial charge in [-0.15, -0.1) is 0 Å². The standard InChI is InChI=1S/C20H30N4O3/c1-27-13-18(26)24-9-6-16-19(22-14-21-16)20(24)7-10-23(11-8-20)17(25)12-15-4-2-3-5-15/h14-15H,2-13H2,1H3,(H,21,22). The van der Waals surface area contributed by atoms with Crippen LogP contribution < -0.4 is 0 Å². The van der Waals surface area contributed by atoms with Gasteiger partial charge in [0.25, 0.3) is 0 Å². The molecule has 2 fully saturated rings. The molecule has 4 rings (SSSR count). The predicted octanol–water partition coefficient (Wildman–Crippen LogP) is 1.84. The van der Waals surface area contributed by atoms with Crippen molar-refractivity contribution in [2.45, 2.75) is 56.9 Å². The Bertz CT molecular complexity index is 687. The van der Waals surface area contributed by atoms with Crippen LogP contribution in [-0.4, -0.2) is 64.9 Å². The minimum absolute atomic E-state index is 0.0110. The molecule has 0 aromatic carbocycles. The number of hydrogen-bond donors (Lipinski definition) is 1. The molecule has 1 aromatic rings. The summed E-state index contributed by atoms with van der Waals surface area (Å²) >= 11 is 0. The molecule has 3 heterocycles. The van der Waals surface area contributed by atoms with Crippen molar-refractivity contribution in [3.05, 3.63) is 17.7 Å². The molecule has 0 unspecified atom stereocenters. The van der Waals surface area contributed by atoms with Gasteiger partial charge in [0.15, 0.2) is 0 Å². The number of amides is 2. The minimum Gasteiger partial charge on any atom is -0.375 e. The number of likely N-dealkylation sites (tertiary alicyclic amines) is 1. The number of imidazole rings is 1. The van der Waals surface area contributed by atoms with Gasteiger partial charge < -0.3 is 19.5 Å². The summed E-state index contributed by atoms with van der Waals surface area (Å²) in [5, 5.41) is 0. The summed E-state index contributed by atoms with van der Waals surface area (Å²) < 4.78 is 5.11. The van der Waals surface area contributed by atoms with Crippen molar-refractivity contribution in [3.8, 4) is 0 Å². The van der Waals surface area contributed by atoms with Crippen LogP contribution in [0.15, 0.2) is 6.33 Å². The lowest BCUT2D eigenvalue weighted by Crippen LogP contribution is -2.59. The van der Waals surface area contributed by atoms with Gasteiger partial charge in [0.1, 0.15) is 6.61 Å². The predicted molar refractivity (Wildman–Crippen MR) is 99.9 cm³/mol. The van der Waals surface area contributed by atoms with Gasteiger partial charge in [0.05, 0.1) is 17.6 Å². The maximum atomic E-state index is 12.7. The summed E-state index contributed by atoms with van der Waals surface area (Å²) in [6.07, 6.45) is 9.61. The molecule has 148 valence electrons. The number of nitrogens with one attached hydrogen (secondary N) is 1. The Hall–Kier alpha value is -1.89. The molecule has 1 aliphatic carbocycles. The summed E-state index contributed by atoms with van der Waals surface area (Å²) in [5.74, 6) is 0.863. The molecule has 2 amide bonds. The number of hydrogen-bond acceptors (Lipinski definition) is 4. The molecule has 0 bridgehead atoms. The van der Waals surface area contributed by atoms with Gasteiger partial charge in [0.2, 0.25) is 11.8 Å². The van der Waals surface area contributed by atoms with Crippen molar-refractivity contribution in [2.24, 2.45) is 5.92 Å². The van der Waals surface area contributed by atoms with Crippen molar-refractivity contribution < 1.29 is 14.3 Å². The highest BCUT2D eigenvalue weighted by molar-refractivity contribution is 5.79. The van der Waals surface area contributed by atoms with E-state index in [1.165, 1.54) is 25.7 Å². The van der Waals surface area contributed by atoms with Crippen molar-refractivity contribution in [1.82, 2.24) is 19.8 Å². The van der Waals surface area contributed by atoms with Crippen molar-refractivity contribution >= 4 is 11.8 Å². The molecule has 7 nitrogen and oxygen atoms in total. The Labute approximate surface area is 160 Å². The smallest absolute Gasteiger partial charge is 0.249 e. The number of rotatable bonds is 4. The number of H-pyrrole nitrogens is 1. The van der Waals surface area contributed by atoms with Crippen LogP contribution in [0.3, 0.4) is 0 Å². The van der Waals surface area contributed by atoms with Gasteiger partial charge in [0, 0.05) is 45.3 Å². The zero-order chi connectivity index (χ0) is 18.9. The van der Waals surface area contributed by atoms with E-state index in [0.717, 1.165) is 30.7 Å². The first kappa shape index (κ1) is 18.5. The van der Waals surface area contributed by atoms with E-state index in [1.807, 2.05) is 9.80 Å². The molecular weight excluding hydrogens is 344 g/mol. The molecule has 1 N–H and O–H groups in total. The first-order valence-corrected chi connectivity index (χ1v) is 10.2. The summed E-state index contributed by atoms with van der Waals surface area (Å²) in [6, 6.07) is 0. The molecule has 0 atom stereocenters. The summed E-state index contributed by atoms with van der Waals surface area (Å²) in [5.41, 5.74) is 1.70. The molecule has 0 radical (unpaired) electrons. The highest BCUT2D eigenvalue weighted by atomic mass is 16.5. The average molecular weight is 374 g/mol. The first-order valence-electron chi connectivity index (χ1n) is 10.2. The molecule has 1 spiro atoms. The lowest BCUT2D eigenvalue weighted by Gasteiger charge is -2.50. The lowest BCUT2D eigenvalue weighted by molar-refractivity contribution is -0.148. The number of fused-ring (bicyclic) bond motifs is 2. The van der Waals surface area contributed by atoms with Gasteiger partial charge in [-0.1, -0.05) is 12.8 Å². The van der Waals surface area contributed by atoms with Crippen molar-refractivity contribution in [3.63, 3.8) is 0 Å². The maximum Gasteiger partial charge on any atom is 0.249 e. The molecule has 1 saturated carbocycles. The fourth-order valence-corrected chi connectivity index (χ4v) is 5.27. The molecule has 7 heteroatoms. The van der Waals surface area contributed by atoms with Gasteiger partial charge in [-0.05, 0) is 31.6 Å². The van der Waals surface area contributed by atoms with Crippen LogP contribution in [0.5, 0.6) is 0 Å². The largest absolute Gasteiger partial charge is 0.375 e. The number of piperidine rings is 1. The first-order chi connectivity index (χ1) is 13.1. The second-order valence-corrected chi connectivity index (χ2v) is 8.23. The monoisotopic (exact) mass is 374 g/mol. The minimum atomic E-state index is -0.409. The summed E-state index contributed by atoms with van der Waals surface area (Å²) in [4.78, 5) is 37.3. The third-order valence-electron chi connectivity index (χ3n) is 6.71. The van der Waals surface area contributed by atoms with Gasteiger partial charge >= 0.3 is 0 Å². The van der Waals surface area contributed by atoms with E-state index in [4.69, 9.17) is 4.74 Å². The van der Waals surface area contributed by atoms with Gasteiger partial charge in [-0.3, -0.25) is 9.59 Å². The van der Waals surface area contributed by atoms with Crippen molar-refractivity contribution in [2.75, 3.05) is 33.4 Å². The fraction of sp³-hybridized carbons (Fsp3) is 0.750. The Morgan fingerprint density at radius 1 is 1.22 bits per heavy atom. The molecule has 1 saturated heterocycles. The number of methoxy groups -OCH3 is 1. The fourth-order valence-electron chi connectivity index (χ4n) is 5.27. The van der Waals surface area contributed by atoms with Crippen LogP contribution in [0.25, 0.3) is 0 Å². The number of nitrogens with zero attached hydrogens (tertiary/aromatic N) is 3. The summed E-state index contributed by atoms with van der Waals surface area (Å²) in [6.45, 7) is 2.14. The quantitative estimate of drug-likeness (QED) is 0.872. The maximum absolute atomic E-state index is 12.7. The zero-order valence-electron chi connectivity index (χ0n) is 16.2. The molecule has 1 aromatic heterocycles. The number of aromatic amines is 1. The van der Waals surface area contributed by atoms with Crippen molar-refractivity contribution in [1.29, 1.82) is 0 Å². The SMILES string of the molecule is COCC(=O)N1CCc2[nH]cnc2C12CCN(C(=O)CC1CCCC1)CC2. The highest BCUT2D eigenvalue weighted by Crippen LogP contribution is 2.42. The van der Waals surface area contributed by atoms with E-state index >= 15 is 0 Å². The number of carbonyl (C=O) groups is 2. The third kappa shape index (κ3) is 3.37. The second-order valence-electron chi connectivity index (χ2n) is 8.23. The van der Waals surface area contributed by atoms with Crippen LogP contribution in [0.2, 0.25) is 0 Å². The van der Waals surface area contributed by atoms with Crippen LogP contribution in [0, 0.1) is 5.92 Å². The van der Waals surface area contributed by atoms with E-state index in [0.29, 0.717) is 32.0 Å². The topological polar surface area (TPSA) is 78.5 Å². The third-order valence-corrected chi connectivity index (χ3v) is 6.71. The average Bonchev–Trinajstić information content (AvgIpc) is 3.35. The molecular formula is C20H30N4O3. The molecule has 3 aliphatic rings. The van der Waals surface area contributed by atoms with Crippen LogP contribution in [-0.2, 0) is 26.3 Å². The lowest BCUT2D eigenvalue weighted by atomic mass is 9.78. The Kier molecular flexibility index (Phi) is 5.21. The Morgan fingerprint density at radius 3 is 2.67 bits per heavy atom. The van der Waals surface area contributed by atoms with Gasteiger partial charge in [-0.2, -0.15) is 0 Å². The highest BCUT2D eigenvalue weighted by Gasteiger charge is 2.49. The summed E-state index contributed by atoms with van der Waals surface area (Å²) in [7, 11) is 1.55. The molecule has 27 heavy (non-hydrogen) atoms. The normalized spacial score (nSPS) is 22.3. The number of aromatic nitrogens is 2. The van der Waals surface area contributed by atoms with E-state index in [2.05, 4.69) is 9.97 Å². The second kappa shape index (κ2) is 7.62. The van der Waals surface area contributed by atoms with E-state index in [-0.39, 0.29) is 18.4 Å². The Balaban J connectivity index is 1.49.